The van der Waals surface area contributed by atoms with E-state index in [0.717, 1.165) is 32.8 Å². The molecule has 0 spiro atoms. The third-order valence-corrected chi connectivity index (χ3v) is 4.84. The zero-order valence-electron chi connectivity index (χ0n) is 12.6. The van der Waals surface area contributed by atoms with Crippen LogP contribution in [-0.4, -0.2) is 9.97 Å². The van der Waals surface area contributed by atoms with Gasteiger partial charge in [0.05, 0.1) is 0 Å². The second kappa shape index (κ2) is 6.82. The maximum atomic E-state index is 4.31. The van der Waals surface area contributed by atoms with Gasteiger partial charge in [-0.3, -0.25) is 0 Å². The molecule has 2 aromatic heterocycles. The van der Waals surface area contributed by atoms with Gasteiger partial charge in [-0.1, -0.05) is 30.3 Å². The van der Waals surface area contributed by atoms with E-state index in [2.05, 4.69) is 44.9 Å². The molecule has 0 bridgehead atoms. The van der Waals surface area contributed by atoms with Crippen molar-refractivity contribution >= 4 is 44.3 Å². The Hall–Kier alpha value is -2.70. The lowest BCUT2D eigenvalue weighted by atomic mass is 10.0. The lowest BCUT2D eigenvalue weighted by Crippen LogP contribution is -1.95. The van der Waals surface area contributed by atoms with Crippen LogP contribution in [0.5, 0.6) is 0 Å². The van der Waals surface area contributed by atoms with Crippen molar-refractivity contribution in [2.45, 2.75) is 0 Å². The molecule has 4 rings (SSSR count). The van der Waals surface area contributed by atoms with Gasteiger partial charge in [0.25, 0.3) is 0 Å². The molecule has 2 heterocycles. The predicted octanol–water partition coefficient (Wildman–Crippen LogP) is 5.75. The highest BCUT2D eigenvalue weighted by atomic mass is 32.1. The fourth-order valence-electron chi connectivity index (χ4n) is 2.40. The summed E-state index contributed by atoms with van der Waals surface area (Å²) in [5.41, 5.74) is 4.31. The molecule has 0 aliphatic carbocycles. The first kappa shape index (κ1) is 14.9. The summed E-state index contributed by atoms with van der Waals surface area (Å²) in [6, 6.07) is 16.6. The Kier molecular flexibility index (Phi) is 4.22. The minimum Gasteiger partial charge on any atom is -0.332 e. The van der Waals surface area contributed by atoms with E-state index in [-0.39, 0.29) is 0 Å². The van der Waals surface area contributed by atoms with Crippen molar-refractivity contribution in [1.82, 2.24) is 9.97 Å². The third kappa shape index (κ3) is 3.29. The van der Waals surface area contributed by atoms with E-state index >= 15 is 0 Å². The van der Waals surface area contributed by atoms with Crippen LogP contribution in [0.15, 0.2) is 71.7 Å². The molecule has 6 heteroatoms. The molecular formula is C18H14N4S2. The molecule has 0 fully saturated rings. The van der Waals surface area contributed by atoms with Gasteiger partial charge in [-0.05, 0) is 23.8 Å². The number of benzene rings is 2. The summed E-state index contributed by atoms with van der Waals surface area (Å²) >= 11 is 3.16. The van der Waals surface area contributed by atoms with Crippen LogP contribution in [-0.2, 0) is 0 Å². The summed E-state index contributed by atoms with van der Waals surface area (Å²) in [6.45, 7) is 0. The molecule has 4 nitrogen and oxygen atoms in total. The second-order valence-corrected chi connectivity index (χ2v) is 6.84. The van der Waals surface area contributed by atoms with Gasteiger partial charge in [0.1, 0.15) is 0 Å². The summed E-state index contributed by atoms with van der Waals surface area (Å²) in [7, 11) is 0. The second-order valence-electron chi connectivity index (χ2n) is 5.05. The summed E-state index contributed by atoms with van der Waals surface area (Å²) in [4.78, 5) is 8.59. The highest BCUT2D eigenvalue weighted by Crippen LogP contribution is 2.34. The predicted molar refractivity (Wildman–Crippen MR) is 103 cm³/mol. The van der Waals surface area contributed by atoms with E-state index in [1.807, 2.05) is 35.0 Å². The fourth-order valence-corrected chi connectivity index (χ4v) is 3.49. The molecule has 0 saturated carbocycles. The van der Waals surface area contributed by atoms with Gasteiger partial charge in [-0.25, -0.2) is 9.97 Å². The van der Waals surface area contributed by atoms with Gasteiger partial charge in [0.15, 0.2) is 10.3 Å². The van der Waals surface area contributed by atoms with Gasteiger partial charge in [0.2, 0.25) is 0 Å². The van der Waals surface area contributed by atoms with E-state index in [9.17, 15) is 0 Å². The monoisotopic (exact) mass is 350 g/mol. The van der Waals surface area contributed by atoms with Crippen LogP contribution in [0.2, 0.25) is 0 Å². The van der Waals surface area contributed by atoms with Crippen molar-refractivity contribution in [3.8, 4) is 11.1 Å². The van der Waals surface area contributed by atoms with Gasteiger partial charge in [-0.15, -0.1) is 22.7 Å². The molecule has 0 atom stereocenters. The van der Waals surface area contributed by atoms with Gasteiger partial charge < -0.3 is 10.6 Å². The highest BCUT2D eigenvalue weighted by Gasteiger charge is 2.09. The lowest BCUT2D eigenvalue weighted by Gasteiger charge is -2.13. The molecule has 4 aromatic rings. The molecule has 0 unspecified atom stereocenters. The topological polar surface area (TPSA) is 49.8 Å². The summed E-state index contributed by atoms with van der Waals surface area (Å²) < 4.78 is 0. The standard InChI is InChI=1S/C18H14N4S2/c1-2-4-13(5-3-1)15-12-14(21-17-19-8-10-23-17)6-7-16(15)22-18-20-9-11-24-18/h1-12H,(H,19,21)(H,20,22). The maximum Gasteiger partial charge on any atom is 0.187 e. The zero-order valence-corrected chi connectivity index (χ0v) is 14.3. The van der Waals surface area contributed by atoms with E-state index < -0.39 is 0 Å². The average molecular weight is 350 g/mol. The van der Waals surface area contributed by atoms with Crippen LogP contribution >= 0.6 is 22.7 Å². The number of nitrogens with one attached hydrogen (secondary N) is 2. The van der Waals surface area contributed by atoms with Crippen LogP contribution in [0.1, 0.15) is 0 Å². The Labute approximate surface area is 147 Å². The molecule has 2 aromatic carbocycles. The number of aromatic nitrogens is 2. The molecule has 0 amide bonds. The average Bonchev–Trinajstić information content (AvgIpc) is 3.31. The van der Waals surface area contributed by atoms with Crippen molar-refractivity contribution in [3.63, 3.8) is 0 Å². The molecular weight excluding hydrogens is 336 g/mol. The van der Waals surface area contributed by atoms with Crippen molar-refractivity contribution in [2.75, 3.05) is 10.6 Å². The first-order valence-electron chi connectivity index (χ1n) is 7.41. The van der Waals surface area contributed by atoms with Crippen LogP contribution < -0.4 is 10.6 Å². The fraction of sp³-hybridized carbons (Fsp3) is 0. The molecule has 24 heavy (non-hydrogen) atoms. The third-order valence-electron chi connectivity index (χ3n) is 3.46. The van der Waals surface area contributed by atoms with Crippen LogP contribution in [0.3, 0.4) is 0 Å². The minimum atomic E-state index is 0.882. The number of hydrogen-bond donors (Lipinski definition) is 2. The zero-order chi connectivity index (χ0) is 16.2. The first-order valence-corrected chi connectivity index (χ1v) is 9.17. The van der Waals surface area contributed by atoms with Crippen LogP contribution in [0, 0.1) is 0 Å². The Morgan fingerprint density at radius 1 is 0.750 bits per heavy atom. The number of thiazole rings is 2. The SMILES string of the molecule is c1ccc(-c2cc(Nc3nccs3)ccc2Nc2nccs2)cc1. The Balaban J connectivity index is 1.73. The van der Waals surface area contributed by atoms with Gasteiger partial charge in [0, 0.05) is 40.1 Å². The number of anilines is 4. The molecule has 0 saturated heterocycles. The molecule has 0 radical (unpaired) electrons. The van der Waals surface area contributed by atoms with Crippen molar-refractivity contribution < 1.29 is 0 Å². The lowest BCUT2D eigenvalue weighted by molar-refractivity contribution is 1.38. The van der Waals surface area contributed by atoms with E-state index in [1.54, 1.807) is 35.1 Å². The largest absolute Gasteiger partial charge is 0.332 e. The molecule has 118 valence electrons. The quantitative estimate of drug-likeness (QED) is 0.481. The molecule has 0 aliphatic heterocycles. The Bertz CT molecular complexity index is 904. The first-order chi connectivity index (χ1) is 11.9. The Morgan fingerprint density at radius 2 is 1.46 bits per heavy atom. The molecule has 0 aliphatic rings. The van der Waals surface area contributed by atoms with Crippen LogP contribution in [0.4, 0.5) is 21.6 Å². The van der Waals surface area contributed by atoms with E-state index in [4.69, 9.17) is 0 Å². The van der Waals surface area contributed by atoms with E-state index in [1.165, 1.54) is 0 Å². The number of hydrogen-bond acceptors (Lipinski definition) is 6. The van der Waals surface area contributed by atoms with E-state index in [0.29, 0.717) is 0 Å². The minimum absolute atomic E-state index is 0.882. The number of rotatable bonds is 5. The number of nitrogens with zero attached hydrogens (tertiary/aromatic N) is 2. The summed E-state index contributed by atoms with van der Waals surface area (Å²) in [5.74, 6) is 0. The van der Waals surface area contributed by atoms with Gasteiger partial charge in [-0.2, -0.15) is 0 Å². The van der Waals surface area contributed by atoms with Crippen LogP contribution in [0.25, 0.3) is 11.1 Å². The summed E-state index contributed by atoms with van der Waals surface area (Å²) in [5, 5.41) is 12.4. The van der Waals surface area contributed by atoms with Crippen molar-refractivity contribution in [3.05, 3.63) is 71.7 Å². The maximum absolute atomic E-state index is 4.31. The van der Waals surface area contributed by atoms with Crippen molar-refractivity contribution in [2.24, 2.45) is 0 Å². The summed E-state index contributed by atoms with van der Waals surface area (Å²) in [6.07, 6.45) is 3.59. The highest BCUT2D eigenvalue weighted by molar-refractivity contribution is 7.14. The Morgan fingerprint density at radius 3 is 2.12 bits per heavy atom. The van der Waals surface area contributed by atoms with Crippen molar-refractivity contribution in [1.29, 1.82) is 0 Å². The normalized spacial score (nSPS) is 10.5. The smallest absolute Gasteiger partial charge is 0.187 e. The van der Waals surface area contributed by atoms with Gasteiger partial charge >= 0.3 is 0 Å². The molecule has 2 N–H and O–H groups in total.